The number of benzene rings is 1. The summed E-state index contributed by atoms with van der Waals surface area (Å²) in [4.78, 5) is 0. The second-order valence-electron chi connectivity index (χ2n) is 5.68. The summed E-state index contributed by atoms with van der Waals surface area (Å²) in [5.74, 6) is -1.13. The van der Waals surface area contributed by atoms with Crippen molar-refractivity contribution in [3.63, 3.8) is 0 Å². The van der Waals surface area contributed by atoms with Crippen molar-refractivity contribution in [3.8, 4) is 0 Å². The average molecular weight is 301 g/mol. The summed E-state index contributed by atoms with van der Waals surface area (Å²) in [5, 5.41) is 3.45. The Labute approximate surface area is 123 Å². The summed E-state index contributed by atoms with van der Waals surface area (Å²) in [6.45, 7) is 0.517. The van der Waals surface area contributed by atoms with Gasteiger partial charge in [-0.05, 0) is 31.2 Å². The Kier molecular flexibility index (Phi) is 5.65. The molecule has 0 bridgehead atoms. The fraction of sp³-hybridized carbons (Fsp3) is 0.625. The van der Waals surface area contributed by atoms with E-state index >= 15 is 0 Å². The molecule has 0 radical (unpaired) electrons. The van der Waals surface area contributed by atoms with Crippen LogP contribution >= 0.6 is 0 Å². The molecule has 1 saturated carbocycles. The lowest BCUT2D eigenvalue weighted by Crippen LogP contribution is -2.40. The number of methoxy groups -OCH3 is 1. The zero-order valence-corrected chi connectivity index (χ0v) is 12.2. The van der Waals surface area contributed by atoms with Gasteiger partial charge in [0.25, 0.3) is 0 Å². The van der Waals surface area contributed by atoms with Crippen LogP contribution in [0.1, 0.15) is 37.3 Å². The molecule has 0 amide bonds. The maximum atomic E-state index is 12.7. The van der Waals surface area contributed by atoms with Crippen molar-refractivity contribution >= 4 is 0 Å². The molecule has 1 aliphatic carbocycles. The van der Waals surface area contributed by atoms with Crippen molar-refractivity contribution in [2.24, 2.45) is 5.92 Å². The van der Waals surface area contributed by atoms with Crippen LogP contribution in [0.2, 0.25) is 0 Å². The second kappa shape index (κ2) is 7.27. The van der Waals surface area contributed by atoms with Gasteiger partial charge in [-0.1, -0.05) is 30.3 Å². The zero-order chi connectivity index (χ0) is 15.3. The molecule has 1 aliphatic rings. The first-order valence-corrected chi connectivity index (χ1v) is 7.37. The molecule has 1 atom stereocenters. The summed E-state index contributed by atoms with van der Waals surface area (Å²) in [7, 11) is 1.64. The molecule has 1 N–H and O–H groups in total. The highest BCUT2D eigenvalue weighted by Gasteiger charge is 2.41. The smallest absolute Gasteiger partial charge is 0.383 e. The highest BCUT2D eigenvalue weighted by Crippen LogP contribution is 2.37. The Hall–Kier alpha value is -1.07. The zero-order valence-electron chi connectivity index (χ0n) is 12.2. The molecule has 1 aromatic carbocycles. The van der Waals surface area contributed by atoms with Crippen LogP contribution in [-0.2, 0) is 4.74 Å². The fourth-order valence-corrected chi connectivity index (χ4v) is 2.96. The summed E-state index contributed by atoms with van der Waals surface area (Å²) >= 11 is 0. The minimum Gasteiger partial charge on any atom is -0.383 e. The maximum Gasteiger partial charge on any atom is 0.391 e. The fourth-order valence-electron chi connectivity index (χ4n) is 2.96. The molecule has 1 aromatic rings. The van der Waals surface area contributed by atoms with Crippen LogP contribution in [0.5, 0.6) is 0 Å². The number of hydrogen-bond acceptors (Lipinski definition) is 2. The van der Waals surface area contributed by atoms with Gasteiger partial charge >= 0.3 is 6.18 Å². The summed E-state index contributed by atoms with van der Waals surface area (Å²) in [6, 6.07) is 10.0. The quantitative estimate of drug-likeness (QED) is 0.884. The lowest BCUT2D eigenvalue weighted by Gasteiger charge is -2.33. The van der Waals surface area contributed by atoms with Crippen molar-refractivity contribution in [1.29, 1.82) is 0 Å². The number of hydrogen-bond donors (Lipinski definition) is 1. The van der Waals surface area contributed by atoms with E-state index < -0.39 is 12.1 Å². The third kappa shape index (κ3) is 4.71. The van der Waals surface area contributed by atoms with Crippen molar-refractivity contribution in [2.75, 3.05) is 13.7 Å². The number of rotatable bonds is 5. The monoisotopic (exact) mass is 301 g/mol. The first-order chi connectivity index (χ1) is 10.0. The third-order valence-corrected chi connectivity index (χ3v) is 4.16. The van der Waals surface area contributed by atoms with Gasteiger partial charge in [-0.15, -0.1) is 0 Å². The van der Waals surface area contributed by atoms with Crippen LogP contribution in [0.3, 0.4) is 0 Å². The van der Waals surface area contributed by atoms with Crippen molar-refractivity contribution in [1.82, 2.24) is 5.32 Å². The largest absolute Gasteiger partial charge is 0.391 e. The number of ether oxygens (including phenoxy) is 1. The Morgan fingerprint density at radius 2 is 1.76 bits per heavy atom. The van der Waals surface area contributed by atoms with E-state index in [4.69, 9.17) is 4.74 Å². The van der Waals surface area contributed by atoms with E-state index in [9.17, 15) is 13.2 Å². The molecule has 21 heavy (non-hydrogen) atoms. The van der Waals surface area contributed by atoms with Gasteiger partial charge in [0.05, 0.1) is 18.6 Å². The van der Waals surface area contributed by atoms with Gasteiger partial charge in [-0.25, -0.2) is 0 Å². The molecule has 5 heteroatoms. The van der Waals surface area contributed by atoms with Gasteiger partial charge in [0, 0.05) is 13.2 Å². The lowest BCUT2D eigenvalue weighted by molar-refractivity contribution is -0.182. The maximum absolute atomic E-state index is 12.7. The Bertz CT molecular complexity index is 413. The molecule has 1 fully saturated rings. The van der Waals surface area contributed by atoms with Crippen LogP contribution < -0.4 is 5.32 Å². The average Bonchev–Trinajstić information content (AvgIpc) is 2.47. The summed E-state index contributed by atoms with van der Waals surface area (Å²) < 4.78 is 43.3. The van der Waals surface area contributed by atoms with E-state index in [0.29, 0.717) is 19.4 Å². The lowest BCUT2D eigenvalue weighted by atomic mass is 9.85. The van der Waals surface area contributed by atoms with E-state index in [0.717, 1.165) is 5.56 Å². The highest BCUT2D eigenvalue weighted by atomic mass is 19.4. The van der Waals surface area contributed by atoms with Crippen LogP contribution in [0.4, 0.5) is 13.2 Å². The van der Waals surface area contributed by atoms with E-state index in [1.807, 2.05) is 30.3 Å². The van der Waals surface area contributed by atoms with Gasteiger partial charge in [-0.2, -0.15) is 13.2 Å². The second-order valence-corrected chi connectivity index (χ2v) is 5.68. The van der Waals surface area contributed by atoms with Crippen molar-refractivity contribution in [2.45, 2.75) is 43.9 Å². The van der Waals surface area contributed by atoms with Gasteiger partial charge in [0.15, 0.2) is 0 Å². The third-order valence-electron chi connectivity index (χ3n) is 4.16. The van der Waals surface area contributed by atoms with E-state index in [1.54, 1.807) is 7.11 Å². The Morgan fingerprint density at radius 3 is 2.29 bits per heavy atom. The molecule has 0 aliphatic heterocycles. The van der Waals surface area contributed by atoms with E-state index in [-0.39, 0.29) is 24.9 Å². The minimum atomic E-state index is -4.05. The minimum absolute atomic E-state index is 0.0311. The molecule has 2 rings (SSSR count). The molecule has 1 unspecified atom stereocenters. The molecule has 0 saturated heterocycles. The van der Waals surface area contributed by atoms with Crippen LogP contribution in [-0.4, -0.2) is 25.9 Å². The van der Waals surface area contributed by atoms with E-state index in [2.05, 4.69) is 5.32 Å². The first kappa shape index (κ1) is 16.3. The topological polar surface area (TPSA) is 21.3 Å². The van der Waals surface area contributed by atoms with Gasteiger partial charge in [-0.3, -0.25) is 0 Å². The number of halogens is 3. The SMILES string of the molecule is COCC(NC1CCC(C(F)(F)F)CC1)c1ccccc1. The number of alkyl halides is 3. The van der Waals surface area contributed by atoms with Gasteiger partial charge < -0.3 is 10.1 Å². The van der Waals surface area contributed by atoms with Gasteiger partial charge in [0.1, 0.15) is 0 Å². The van der Waals surface area contributed by atoms with Crippen LogP contribution in [0.25, 0.3) is 0 Å². The van der Waals surface area contributed by atoms with Gasteiger partial charge in [0.2, 0.25) is 0 Å². The summed E-state index contributed by atoms with van der Waals surface area (Å²) in [5.41, 5.74) is 1.11. The normalized spacial score (nSPS) is 24.8. The van der Waals surface area contributed by atoms with Crippen molar-refractivity contribution in [3.05, 3.63) is 35.9 Å². The van der Waals surface area contributed by atoms with Crippen molar-refractivity contribution < 1.29 is 17.9 Å². The Morgan fingerprint density at radius 1 is 1.14 bits per heavy atom. The standard InChI is InChI=1S/C16H22F3NO/c1-21-11-15(12-5-3-2-4-6-12)20-14-9-7-13(8-10-14)16(17,18)19/h2-6,13-15,20H,7-11H2,1H3. The molecule has 2 nitrogen and oxygen atoms in total. The summed E-state index contributed by atoms with van der Waals surface area (Å²) in [6.07, 6.45) is -2.48. The predicted molar refractivity (Wildman–Crippen MR) is 76.0 cm³/mol. The first-order valence-electron chi connectivity index (χ1n) is 7.37. The molecule has 0 spiro atoms. The van der Waals surface area contributed by atoms with Crippen LogP contribution in [0.15, 0.2) is 30.3 Å². The molecule has 118 valence electrons. The highest BCUT2D eigenvalue weighted by molar-refractivity contribution is 5.19. The molecular weight excluding hydrogens is 279 g/mol. The Balaban J connectivity index is 1.91. The molecule has 0 heterocycles. The molecular formula is C16H22F3NO. The van der Waals surface area contributed by atoms with E-state index in [1.165, 1.54) is 0 Å². The number of nitrogens with one attached hydrogen (secondary N) is 1. The molecule has 0 aromatic heterocycles. The van der Waals surface area contributed by atoms with Crippen LogP contribution in [0, 0.1) is 5.92 Å². The predicted octanol–water partition coefficient (Wildman–Crippen LogP) is 4.08.